The van der Waals surface area contributed by atoms with Gasteiger partial charge in [0.05, 0.1) is 17.5 Å². The van der Waals surface area contributed by atoms with Crippen LogP contribution in [0.1, 0.15) is 32.6 Å². The average molecular weight is 357 g/mol. The van der Waals surface area contributed by atoms with E-state index in [9.17, 15) is 5.11 Å². The van der Waals surface area contributed by atoms with Crippen LogP contribution in [-0.2, 0) is 0 Å². The third-order valence-corrected chi connectivity index (χ3v) is 5.13. The Hall–Kier alpha value is -2.11. The van der Waals surface area contributed by atoms with Gasteiger partial charge >= 0.3 is 0 Å². The summed E-state index contributed by atoms with van der Waals surface area (Å²) >= 11 is 6.11. The summed E-state index contributed by atoms with van der Waals surface area (Å²) in [6.07, 6.45) is 5.32. The number of fused-ring (bicyclic) bond motifs is 1. The second-order valence-corrected chi connectivity index (χ2v) is 7.49. The second-order valence-electron chi connectivity index (χ2n) is 7.06. The van der Waals surface area contributed by atoms with Gasteiger partial charge in [0, 0.05) is 16.6 Å². The zero-order valence-corrected chi connectivity index (χ0v) is 14.9. The molecule has 5 nitrogen and oxygen atoms in total. The van der Waals surface area contributed by atoms with Crippen LogP contribution in [0.15, 0.2) is 42.6 Å². The lowest BCUT2D eigenvalue weighted by molar-refractivity contribution is 0.0196. The van der Waals surface area contributed by atoms with Gasteiger partial charge in [0.2, 0.25) is 0 Å². The first-order chi connectivity index (χ1) is 12.0. The van der Waals surface area contributed by atoms with Gasteiger partial charge in [-0.05, 0) is 56.9 Å². The van der Waals surface area contributed by atoms with Crippen LogP contribution < -0.4 is 5.32 Å². The third kappa shape index (κ3) is 3.48. The molecular weight excluding hydrogens is 336 g/mol. The Labute approximate surface area is 151 Å². The van der Waals surface area contributed by atoms with E-state index in [1.807, 2.05) is 54.0 Å². The zero-order chi connectivity index (χ0) is 17.4. The van der Waals surface area contributed by atoms with Crippen molar-refractivity contribution in [3.63, 3.8) is 0 Å². The van der Waals surface area contributed by atoms with Gasteiger partial charge in [0.1, 0.15) is 5.82 Å². The molecule has 0 saturated heterocycles. The summed E-state index contributed by atoms with van der Waals surface area (Å²) in [7, 11) is 0. The highest BCUT2D eigenvalue weighted by molar-refractivity contribution is 6.30. The van der Waals surface area contributed by atoms with Crippen molar-refractivity contribution >= 4 is 23.1 Å². The number of anilines is 1. The van der Waals surface area contributed by atoms with Gasteiger partial charge in [0.15, 0.2) is 5.65 Å². The summed E-state index contributed by atoms with van der Waals surface area (Å²) < 4.78 is 1.84. The molecule has 1 aromatic carbocycles. The maximum atomic E-state index is 10.1. The smallest absolute Gasteiger partial charge is 0.154 e. The molecule has 1 saturated carbocycles. The number of hydrogen-bond donors (Lipinski definition) is 2. The highest BCUT2D eigenvalue weighted by Crippen LogP contribution is 2.29. The Kier molecular flexibility index (Phi) is 4.13. The first-order valence-electron chi connectivity index (χ1n) is 8.60. The van der Waals surface area contributed by atoms with Crippen molar-refractivity contribution in [1.82, 2.24) is 14.6 Å². The Balaban J connectivity index is 1.61. The van der Waals surface area contributed by atoms with Gasteiger partial charge in [-0.2, -0.15) is 0 Å². The highest BCUT2D eigenvalue weighted by Gasteiger charge is 2.28. The Morgan fingerprint density at radius 3 is 2.80 bits per heavy atom. The first kappa shape index (κ1) is 16.4. The number of aromatic nitrogens is 3. The van der Waals surface area contributed by atoms with Crippen LogP contribution in [0.5, 0.6) is 0 Å². The van der Waals surface area contributed by atoms with E-state index in [-0.39, 0.29) is 0 Å². The molecule has 2 aromatic heterocycles. The second kappa shape index (κ2) is 6.32. The monoisotopic (exact) mass is 356 g/mol. The molecule has 25 heavy (non-hydrogen) atoms. The van der Waals surface area contributed by atoms with Crippen LogP contribution in [0.25, 0.3) is 16.9 Å². The predicted octanol–water partition coefficient (Wildman–Crippen LogP) is 4.16. The molecule has 2 heterocycles. The van der Waals surface area contributed by atoms with E-state index in [4.69, 9.17) is 16.7 Å². The fourth-order valence-electron chi connectivity index (χ4n) is 3.39. The molecule has 130 valence electrons. The van der Waals surface area contributed by atoms with E-state index in [0.717, 1.165) is 48.4 Å². The zero-order valence-electron chi connectivity index (χ0n) is 14.1. The summed E-state index contributed by atoms with van der Waals surface area (Å²) in [6, 6.07) is 11.9. The first-order valence-corrected chi connectivity index (χ1v) is 8.98. The Morgan fingerprint density at radius 2 is 2.04 bits per heavy atom. The average Bonchev–Trinajstić information content (AvgIpc) is 3.00. The number of halogens is 1. The highest BCUT2D eigenvalue weighted by atomic mass is 35.5. The molecule has 1 aliphatic rings. The molecule has 0 amide bonds. The predicted molar refractivity (Wildman–Crippen MR) is 99.9 cm³/mol. The normalized spacial score (nSPS) is 23.7. The van der Waals surface area contributed by atoms with Gasteiger partial charge in [0.25, 0.3) is 0 Å². The van der Waals surface area contributed by atoms with E-state index in [1.165, 1.54) is 0 Å². The van der Waals surface area contributed by atoms with Gasteiger partial charge < -0.3 is 10.4 Å². The van der Waals surface area contributed by atoms with Crippen LogP contribution in [0.2, 0.25) is 5.02 Å². The number of imidazole rings is 1. The van der Waals surface area contributed by atoms with Crippen LogP contribution in [0, 0.1) is 0 Å². The van der Waals surface area contributed by atoms with Crippen molar-refractivity contribution in [2.24, 2.45) is 0 Å². The molecule has 0 radical (unpaired) electrons. The lowest BCUT2D eigenvalue weighted by Gasteiger charge is -2.33. The van der Waals surface area contributed by atoms with Crippen LogP contribution in [-0.4, -0.2) is 31.3 Å². The van der Waals surface area contributed by atoms with Gasteiger partial charge in [-0.25, -0.2) is 9.50 Å². The number of rotatable bonds is 3. The van der Waals surface area contributed by atoms with Crippen LogP contribution >= 0.6 is 11.6 Å². The quantitative estimate of drug-likeness (QED) is 0.739. The van der Waals surface area contributed by atoms with Gasteiger partial charge in [-0.15, -0.1) is 5.10 Å². The van der Waals surface area contributed by atoms with Crippen molar-refractivity contribution in [2.75, 3.05) is 5.32 Å². The molecule has 2 N–H and O–H groups in total. The summed E-state index contributed by atoms with van der Waals surface area (Å²) in [6.45, 7) is 1.91. The fraction of sp³-hybridized carbons (Fsp3) is 0.368. The molecule has 1 aliphatic carbocycles. The molecule has 0 unspecified atom stereocenters. The van der Waals surface area contributed by atoms with E-state index in [2.05, 4.69) is 10.3 Å². The third-order valence-electron chi connectivity index (χ3n) is 4.90. The number of nitrogens with zero attached hydrogens (tertiary/aromatic N) is 3. The van der Waals surface area contributed by atoms with E-state index < -0.39 is 5.60 Å². The minimum atomic E-state index is -0.528. The fourth-order valence-corrected chi connectivity index (χ4v) is 3.58. The van der Waals surface area contributed by atoms with Crippen LogP contribution in [0.4, 0.5) is 5.82 Å². The summed E-state index contributed by atoms with van der Waals surface area (Å²) in [4.78, 5) is 4.43. The minimum Gasteiger partial charge on any atom is -0.390 e. The van der Waals surface area contributed by atoms with Gasteiger partial charge in [-0.3, -0.25) is 0 Å². The molecule has 0 bridgehead atoms. The maximum absolute atomic E-state index is 10.1. The number of aliphatic hydroxyl groups is 1. The Morgan fingerprint density at radius 1 is 1.24 bits per heavy atom. The van der Waals surface area contributed by atoms with Crippen LogP contribution in [0.3, 0.4) is 0 Å². The largest absolute Gasteiger partial charge is 0.390 e. The standard InChI is InChI=1S/C19H21ClN4O/c1-19(25)9-7-15(8-10-19)22-17-5-6-18-21-12-16(24(18)23-17)13-3-2-4-14(20)11-13/h2-6,11-12,15,25H,7-10H2,1H3,(H,22,23). The van der Waals surface area contributed by atoms with E-state index >= 15 is 0 Å². The molecule has 0 atom stereocenters. The maximum Gasteiger partial charge on any atom is 0.154 e. The molecule has 4 rings (SSSR count). The molecule has 0 aliphatic heterocycles. The molecule has 6 heteroatoms. The van der Waals surface area contributed by atoms with Crippen molar-refractivity contribution in [1.29, 1.82) is 0 Å². The summed E-state index contributed by atoms with van der Waals surface area (Å²) in [5.74, 6) is 0.820. The van der Waals surface area contributed by atoms with Gasteiger partial charge in [-0.1, -0.05) is 23.7 Å². The summed E-state index contributed by atoms with van der Waals surface area (Å²) in [5.41, 5.74) is 2.16. The molecule has 0 spiro atoms. The van der Waals surface area contributed by atoms with Crippen molar-refractivity contribution in [2.45, 2.75) is 44.2 Å². The van der Waals surface area contributed by atoms with E-state index in [1.54, 1.807) is 0 Å². The van der Waals surface area contributed by atoms with Crippen molar-refractivity contribution < 1.29 is 5.11 Å². The van der Waals surface area contributed by atoms with E-state index in [0.29, 0.717) is 11.1 Å². The molecule has 1 fully saturated rings. The molecular formula is C19H21ClN4O. The number of benzene rings is 1. The lowest BCUT2D eigenvalue weighted by atomic mass is 9.84. The van der Waals surface area contributed by atoms with Crippen molar-refractivity contribution in [3.8, 4) is 11.3 Å². The molecule has 3 aromatic rings. The number of nitrogens with one attached hydrogen (secondary N) is 1. The minimum absolute atomic E-state index is 0.336. The topological polar surface area (TPSA) is 62.5 Å². The summed E-state index contributed by atoms with van der Waals surface area (Å²) in [5, 5.41) is 19.0. The SMILES string of the molecule is CC1(O)CCC(Nc2ccc3ncc(-c4cccc(Cl)c4)n3n2)CC1. The number of hydrogen-bond acceptors (Lipinski definition) is 4. The van der Waals surface area contributed by atoms with Crippen molar-refractivity contribution in [3.05, 3.63) is 47.6 Å². The lowest BCUT2D eigenvalue weighted by Crippen LogP contribution is -2.36. The Bertz CT molecular complexity index is 895.